The number of hydrogen-bond acceptors (Lipinski definition) is 5. The average Bonchev–Trinajstić information content (AvgIpc) is 3.12. The molecule has 0 aliphatic rings. The molecule has 8 heteroatoms. The molecular formula is C14H10F2N2O4. The molecule has 2 heterocycles. The summed E-state index contributed by atoms with van der Waals surface area (Å²) in [5.74, 6) is -2.15. The van der Waals surface area contributed by atoms with Crippen LogP contribution < -0.4 is 5.76 Å². The van der Waals surface area contributed by atoms with Gasteiger partial charge in [-0.2, -0.15) is 4.68 Å². The van der Waals surface area contributed by atoms with Gasteiger partial charge in [0.25, 0.3) is 5.89 Å². The van der Waals surface area contributed by atoms with Gasteiger partial charge in [0.2, 0.25) is 0 Å². The first-order chi connectivity index (χ1) is 10.5. The Hall–Kier alpha value is -2.74. The highest BCUT2D eigenvalue weighted by Crippen LogP contribution is 2.20. The van der Waals surface area contributed by atoms with Crippen LogP contribution in [0.5, 0.6) is 0 Å². The Bertz CT molecular complexity index is 839. The maximum absolute atomic E-state index is 13.6. The van der Waals surface area contributed by atoms with Gasteiger partial charge in [-0.3, -0.25) is 0 Å². The molecule has 0 aliphatic carbocycles. The van der Waals surface area contributed by atoms with Crippen molar-refractivity contribution in [1.29, 1.82) is 0 Å². The second-order valence-electron chi connectivity index (χ2n) is 4.51. The molecule has 0 unspecified atom stereocenters. The van der Waals surface area contributed by atoms with Gasteiger partial charge in [-0.1, -0.05) is 0 Å². The Labute approximate surface area is 122 Å². The molecule has 0 spiro atoms. The largest absolute Gasteiger partial charge is 0.459 e. The predicted molar refractivity (Wildman–Crippen MR) is 69.8 cm³/mol. The summed E-state index contributed by atoms with van der Waals surface area (Å²) in [6.45, 7) is -0.386. The minimum Gasteiger partial charge on any atom is -0.459 e. The normalized spacial score (nSPS) is 12.5. The van der Waals surface area contributed by atoms with Gasteiger partial charge in [0.1, 0.15) is 17.7 Å². The molecule has 0 fully saturated rings. The molecule has 1 aromatic carbocycles. The molecule has 0 saturated carbocycles. The second-order valence-corrected chi connectivity index (χ2v) is 4.51. The number of halogens is 2. The summed E-state index contributed by atoms with van der Waals surface area (Å²) in [6.07, 6.45) is -0.0753. The van der Waals surface area contributed by atoms with E-state index in [0.717, 1.165) is 22.9 Å². The minimum atomic E-state index is -1.46. The molecule has 1 atom stereocenters. The average molecular weight is 308 g/mol. The van der Waals surface area contributed by atoms with Crippen molar-refractivity contribution in [3.05, 3.63) is 64.3 Å². The molecule has 114 valence electrons. The summed E-state index contributed by atoms with van der Waals surface area (Å²) in [5.41, 5.74) is -0.269. The van der Waals surface area contributed by atoms with E-state index in [9.17, 15) is 18.7 Å². The van der Waals surface area contributed by atoms with Crippen molar-refractivity contribution in [2.24, 2.45) is 0 Å². The van der Waals surface area contributed by atoms with E-state index in [0.29, 0.717) is 0 Å². The van der Waals surface area contributed by atoms with E-state index in [1.807, 2.05) is 0 Å². The van der Waals surface area contributed by atoms with Crippen molar-refractivity contribution >= 4 is 0 Å². The van der Waals surface area contributed by atoms with E-state index < -0.39 is 23.5 Å². The van der Waals surface area contributed by atoms with Gasteiger partial charge in [-0.05, 0) is 30.3 Å². The number of aromatic nitrogens is 2. The fourth-order valence-electron chi connectivity index (χ4n) is 1.95. The minimum absolute atomic E-state index is 0.0677. The molecule has 3 aromatic rings. The van der Waals surface area contributed by atoms with Crippen LogP contribution in [0.3, 0.4) is 0 Å². The highest BCUT2D eigenvalue weighted by molar-refractivity contribution is 5.42. The Balaban J connectivity index is 1.87. The summed E-state index contributed by atoms with van der Waals surface area (Å²) in [5, 5.41) is 13.8. The van der Waals surface area contributed by atoms with Crippen LogP contribution in [-0.4, -0.2) is 14.9 Å². The van der Waals surface area contributed by atoms with Crippen LogP contribution in [0.25, 0.3) is 11.7 Å². The molecule has 0 amide bonds. The quantitative estimate of drug-likeness (QED) is 0.798. The number of rotatable bonds is 4. The van der Waals surface area contributed by atoms with Crippen LogP contribution in [-0.2, 0) is 6.54 Å². The molecule has 22 heavy (non-hydrogen) atoms. The molecule has 3 rings (SSSR count). The molecule has 0 saturated heterocycles. The fraction of sp³-hybridized carbons (Fsp3) is 0.143. The van der Waals surface area contributed by atoms with Gasteiger partial charge in [0, 0.05) is 5.56 Å². The standard InChI is InChI=1S/C14H10F2N2O4/c15-8-3-4-10(16)9(6-8)11(19)7-18-14(20)22-13(17-18)12-2-1-5-21-12/h1-6,11,19H,7H2/t11-/m0/s1. The van der Waals surface area contributed by atoms with Crippen LogP contribution in [0.4, 0.5) is 8.78 Å². The Morgan fingerprint density at radius 1 is 1.32 bits per heavy atom. The van der Waals surface area contributed by atoms with Gasteiger partial charge in [-0.15, -0.1) is 5.10 Å². The third-order valence-electron chi connectivity index (χ3n) is 3.00. The van der Waals surface area contributed by atoms with Crippen molar-refractivity contribution in [3.8, 4) is 11.7 Å². The smallest absolute Gasteiger partial charge is 0.437 e. The van der Waals surface area contributed by atoms with E-state index in [1.54, 1.807) is 6.07 Å². The van der Waals surface area contributed by atoms with E-state index in [2.05, 4.69) is 5.10 Å². The maximum Gasteiger partial charge on any atom is 0.437 e. The summed E-state index contributed by atoms with van der Waals surface area (Å²) in [6, 6.07) is 5.82. The van der Waals surface area contributed by atoms with Crippen LogP contribution >= 0.6 is 0 Å². The first-order valence-electron chi connectivity index (χ1n) is 6.29. The monoisotopic (exact) mass is 308 g/mol. The lowest BCUT2D eigenvalue weighted by atomic mass is 10.1. The predicted octanol–water partition coefficient (Wildman–Crippen LogP) is 2.11. The molecule has 1 N–H and O–H groups in total. The SMILES string of the molecule is O=c1oc(-c2ccco2)nn1C[C@H](O)c1cc(F)ccc1F. The van der Waals surface area contributed by atoms with Gasteiger partial charge < -0.3 is 13.9 Å². The highest BCUT2D eigenvalue weighted by atomic mass is 19.1. The zero-order chi connectivity index (χ0) is 15.7. The van der Waals surface area contributed by atoms with Crippen LogP contribution in [0.1, 0.15) is 11.7 Å². The van der Waals surface area contributed by atoms with E-state index >= 15 is 0 Å². The number of aliphatic hydroxyl groups excluding tert-OH is 1. The zero-order valence-electron chi connectivity index (χ0n) is 11.1. The third-order valence-corrected chi connectivity index (χ3v) is 3.00. The lowest BCUT2D eigenvalue weighted by Crippen LogP contribution is -2.21. The second kappa shape index (κ2) is 5.57. The third kappa shape index (κ3) is 2.68. The van der Waals surface area contributed by atoms with Gasteiger partial charge in [0.05, 0.1) is 12.8 Å². The van der Waals surface area contributed by atoms with Crippen molar-refractivity contribution < 1.29 is 22.7 Å². The molecule has 0 bridgehead atoms. The molecule has 0 radical (unpaired) electrons. The Kier molecular flexibility index (Phi) is 3.60. The highest BCUT2D eigenvalue weighted by Gasteiger charge is 2.19. The van der Waals surface area contributed by atoms with E-state index in [-0.39, 0.29) is 23.8 Å². The molecular weight excluding hydrogens is 298 g/mol. The van der Waals surface area contributed by atoms with Crippen LogP contribution in [0.15, 0.2) is 50.2 Å². The number of furan rings is 1. The summed E-state index contributed by atoms with van der Waals surface area (Å²) in [4.78, 5) is 11.7. The fourth-order valence-corrected chi connectivity index (χ4v) is 1.95. The number of benzene rings is 1. The zero-order valence-corrected chi connectivity index (χ0v) is 11.1. The van der Waals surface area contributed by atoms with Gasteiger partial charge >= 0.3 is 5.76 Å². The van der Waals surface area contributed by atoms with Crippen molar-refractivity contribution in [3.63, 3.8) is 0 Å². The number of aliphatic hydroxyl groups is 1. The van der Waals surface area contributed by atoms with E-state index in [4.69, 9.17) is 8.83 Å². The van der Waals surface area contributed by atoms with Gasteiger partial charge in [0.15, 0.2) is 5.76 Å². The van der Waals surface area contributed by atoms with Gasteiger partial charge in [-0.25, -0.2) is 13.6 Å². The number of nitrogens with zero attached hydrogens (tertiary/aromatic N) is 2. The molecule has 2 aromatic heterocycles. The summed E-state index contributed by atoms with van der Waals surface area (Å²) >= 11 is 0. The lowest BCUT2D eigenvalue weighted by Gasteiger charge is -2.10. The van der Waals surface area contributed by atoms with Crippen molar-refractivity contribution in [2.75, 3.05) is 0 Å². The van der Waals surface area contributed by atoms with Crippen LogP contribution in [0, 0.1) is 11.6 Å². The van der Waals surface area contributed by atoms with Crippen molar-refractivity contribution in [2.45, 2.75) is 12.6 Å². The molecule has 0 aliphatic heterocycles. The number of hydrogen-bond donors (Lipinski definition) is 1. The topological polar surface area (TPSA) is 81.4 Å². The van der Waals surface area contributed by atoms with Crippen LogP contribution in [0.2, 0.25) is 0 Å². The lowest BCUT2D eigenvalue weighted by molar-refractivity contribution is 0.144. The molecule has 6 nitrogen and oxygen atoms in total. The summed E-state index contributed by atoms with van der Waals surface area (Å²) in [7, 11) is 0. The Morgan fingerprint density at radius 3 is 2.86 bits per heavy atom. The first kappa shape index (κ1) is 14.2. The summed E-state index contributed by atoms with van der Waals surface area (Å²) < 4.78 is 37.4. The maximum atomic E-state index is 13.6. The van der Waals surface area contributed by atoms with Crippen molar-refractivity contribution in [1.82, 2.24) is 9.78 Å². The first-order valence-corrected chi connectivity index (χ1v) is 6.29. The Morgan fingerprint density at radius 2 is 2.14 bits per heavy atom. The van der Waals surface area contributed by atoms with E-state index in [1.165, 1.54) is 12.3 Å².